The number of aromatic nitrogens is 2. The smallest absolute Gasteiger partial charge is 0.229 e. The van der Waals surface area contributed by atoms with Crippen LogP contribution < -0.4 is 14.9 Å². The van der Waals surface area contributed by atoms with E-state index < -0.39 is 10.0 Å². The molecule has 1 aromatic carbocycles. The number of nitrogens with zero attached hydrogens (tertiary/aromatic N) is 3. The predicted octanol–water partition coefficient (Wildman–Crippen LogP) is 4.01. The van der Waals surface area contributed by atoms with E-state index in [0.717, 1.165) is 23.2 Å². The van der Waals surface area contributed by atoms with Crippen LogP contribution in [0.4, 0.5) is 11.4 Å². The number of nitrogens with one attached hydrogen (secondary N) is 2. The maximum Gasteiger partial charge on any atom is 0.229 e. The van der Waals surface area contributed by atoms with E-state index in [9.17, 15) is 8.42 Å². The van der Waals surface area contributed by atoms with Crippen molar-refractivity contribution in [3.8, 4) is 0 Å². The third-order valence-corrected chi connectivity index (χ3v) is 6.14. The van der Waals surface area contributed by atoms with Crippen molar-refractivity contribution < 1.29 is 8.42 Å². The lowest BCUT2D eigenvalue weighted by molar-refractivity contribution is 0.560. The van der Waals surface area contributed by atoms with Crippen molar-refractivity contribution in [1.82, 2.24) is 14.9 Å². The Morgan fingerprint density at radius 3 is 2.45 bits per heavy atom. The fourth-order valence-corrected chi connectivity index (χ4v) is 4.71. The van der Waals surface area contributed by atoms with Crippen molar-refractivity contribution in [3.05, 3.63) is 78.4 Å². The molecule has 2 atom stereocenters. The Kier molecular flexibility index (Phi) is 5.72. The number of benzene rings is 1. The molecule has 1 fully saturated rings. The van der Waals surface area contributed by atoms with Crippen LogP contribution in [0.2, 0.25) is 0 Å². The summed E-state index contributed by atoms with van der Waals surface area (Å²) in [6, 6.07) is 15.3. The van der Waals surface area contributed by atoms with Crippen LogP contribution in [0.5, 0.6) is 0 Å². The average Bonchev–Trinajstić information content (AvgIpc) is 3.33. The van der Waals surface area contributed by atoms with Gasteiger partial charge in [-0.25, -0.2) is 8.42 Å². The first-order valence-electron chi connectivity index (χ1n) is 9.99. The number of hydrogen-bond acceptors (Lipinski definition) is 4. The van der Waals surface area contributed by atoms with Crippen LogP contribution in [-0.4, -0.2) is 29.3 Å². The van der Waals surface area contributed by atoms with Crippen LogP contribution >= 0.6 is 12.2 Å². The summed E-state index contributed by atoms with van der Waals surface area (Å²) in [5, 5.41) is 4.03. The molecule has 31 heavy (non-hydrogen) atoms. The van der Waals surface area contributed by atoms with Gasteiger partial charge in [-0.05, 0) is 74.1 Å². The first-order chi connectivity index (χ1) is 14.7. The molecule has 2 N–H and O–H groups in total. The highest BCUT2D eigenvalue weighted by atomic mass is 32.2. The summed E-state index contributed by atoms with van der Waals surface area (Å²) in [6.45, 7) is 4.28. The molecule has 1 aliphatic heterocycles. The minimum Gasteiger partial charge on any atom is -0.351 e. The van der Waals surface area contributed by atoms with Crippen LogP contribution in [0.3, 0.4) is 0 Å². The summed E-state index contributed by atoms with van der Waals surface area (Å²) in [6.07, 6.45) is 7.14. The summed E-state index contributed by atoms with van der Waals surface area (Å²) < 4.78 is 27.7. The molecular formula is C22H25N5O2S2. The minimum absolute atomic E-state index is 0.101. The standard InChI is InChI=1S/C22H25N5O2S2/c1-15(2)26-13-11-16(14-26)21-20(19-6-4-5-12-23-19)24-22(30)27(21)18-9-7-17(8-10-18)25-31(3,28)29/h4-15,20-21,25H,1-3H3,(H,24,30)/t20-,21+/m1/s1. The van der Waals surface area contributed by atoms with E-state index in [1.54, 1.807) is 18.3 Å². The van der Waals surface area contributed by atoms with Crippen LogP contribution in [0.25, 0.3) is 0 Å². The molecule has 0 radical (unpaired) electrons. The number of thiocarbonyl (C=S) groups is 1. The molecule has 162 valence electrons. The second-order valence-corrected chi connectivity index (χ2v) is 10.0. The van der Waals surface area contributed by atoms with Crippen LogP contribution in [0, 0.1) is 0 Å². The minimum atomic E-state index is -3.34. The van der Waals surface area contributed by atoms with Crippen LogP contribution in [-0.2, 0) is 10.0 Å². The van der Waals surface area contributed by atoms with Gasteiger partial charge in [0.15, 0.2) is 5.11 Å². The third kappa shape index (κ3) is 4.57. The Morgan fingerprint density at radius 1 is 1.13 bits per heavy atom. The van der Waals surface area contributed by atoms with Gasteiger partial charge < -0.3 is 14.8 Å². The number of anilines is 2. The van der Waals surface area contributed by atoms with Gasteiger partial charge in [0.2, 0.25) is 10.0 Å². The van der Waals surface area contributed by atoms with Gasteiger partial charge in [-0.15, -0.1) is 0 Å². The first-order valence-corrected chi connectivity index (χ1v) is 12.3. The Balaban J connectivity index is 1.74. The maximum atomic E-state index is 11.5. The van der Waals surface area contributed by atoms with Gasteiger partial charge in [0, 0.05) is 36.0 Å². The summed E-state index contributed by atoms with van der Waals surface area (Å²) >= 11 is 5.72. The normalized spacial score (nSPS) is 19.0. The summed E-state index contributed by atoms with van der Waals surface area (Å²) in [5.74, 6) is 0. The lowest BCUT2D eigenvalue weighted by atomic mass is 9.98. The SMILES string of the molecule is CC(C)n1ccc([C@H]2[C@@H](c3ccccn3)NC(=S)N2c2ccc(NS(C)(=O)=O)cc2)c1. The zero-order chi connectivity index (χ0) is 22.2. The summed E-state index contributed by atoms with van der Waals surface area (Å²) in [4.78, 5) is 6.63. The molecule has 0 saturated carbocycles. The van der Waals surface area contributed by atoms with Gasteiger partial charge >= 0.3 is 0 Å². The topological polar surface area (TPSA) is 79.3 Å². The molecule has 0 unspecified atom stereocenters. The zero-order valence-corrected chi connectivity index (χ0v) is 19.2. The number of pyridine rings is 1. The van der Waals surface area contributed by atoms with Gasteiger partial charge in [0.25, 0.3) is 0 Å². The number of rotatable bonds is 6. The van der Waals surface area contributed by atoms with Gasteiger partial charge in [-0.1, -0.05) is 6.07 Å². The lowest BCUT2D eigenvalue weighted by Crippen LogP contribution is -2.29. The summed E-state index contributed by atoms with van der Waals surface area (Å²) in [5.41, 5.74) is 3.41. The van der Waals surface area contributed by atoms with Gasteiger partial charge in [-0.2, -0.15) is 0 Å². The van der Waals surface area contributed by atoms with E-state index in [0.29, 0.717) is 16.8 Å². The third-order valence-electron chi connectivity index (χ3n) is 5.22. The molecule has 3 aromatic rings. The van der Waals surface area contributed by atoms with E-state index >= 15 is 0 Å². The van der Waals surface area contributed by atoms with E-state index in [4.69, 9.17) is 12.2 Å². The number of hydrogen-bond donors (Lipinski definition) is 2. The molecule has 7 nitrogen and oxygen atoms in total. The monoisotopic (exact) mass is 455 g/mol. The average molecular weight is 456 g/mol. The molecule has 9 heteroatoms. The lowest BCUT2D eigenvalue weighted by Gasteiger charge is -2.27. The highest BCUT2D eigenvalue weighted by molar-refractivity contribution is 7.92. The van der Waals surface area contributed by atoms with E-state index in [1.807, 2.05) is 30.3 Å². The van der Waals surface area contributed by atoms with Crippen molar-refractivity contribution in [1.29, 1.82) is 0 Å². The molecule has 4 rings (SSSR count). The molecule has 0 aliphatic carbocycles. The molecule has 1 aliphatic rings. The zero-order valence-electron chi connectivity index (χ0n) is 17.6. The Bertz CT molecular complexity index is 1170. The Labute approximate surface area is 188 Å². The molecule has 1 saturated heterocycles. The van der Waals surface area contributed by atoms with Crippen LogP contribution in [0.1, 0.15) is 43.2 Å². The Morgan fingerprint density at radius 2 is 1.87 bits per heavy atom. The summed E-state index contributed by atoms with van der Waals surface area (Å²) in [7, 11) is -3.34. The Hall–Kier alpha value is -2.91. The van der Waals surface area contributed by atoms with Crippen molar-refractivity contribution in [2.45, 2.75) is 32.0 Å². The highest BCUT2D eigenvalue weighted by Gasteiger charge is 2.41. The second kappa shape index (κ2) is 8.32. The molecule has 0 amide bonds. The second-order valence-electron chi connectivity index (χ2n) is 7.90. The van der Waals surface area contributed by atoms with Crippen molar-refractivity contribution in [3.63, 3.8) is 0 Å². The van der Waals surface area contributed by atoms with Crippen LogP contribution in [0.15, 0.2) is 67.1 Å². The molecule has 2 aromatic heterocycles. The van der Waals surface area contributed by atoms with Gasteiger partial charge in [-0.3, -0.25) is 9.71 Å². The molecule has 0 bridgehead atoms. The van der Waals surface area contributed by atoms with Gasteiger partial charge in [0.1, 0.15) is 0 Å². The van der Waals surface area contributed by atoms with Gasteiger partial charge in [0.05, 0.1) is 24.0 Å². The molecule has 3 heterocycles. The van der Waals surface area contributed by atoms with E-state index in [1.165, 1.54) is 0 Å². The highest BCUT2D eigenvalue weighted by Crippen LogP contribution is 2.42. The largest absolute Gasteiger partial charge is 0.351 e. The van der Waals surface area contributed by atoms with Crippen molar-refractivity contribution >= 4 is 38.7 Å². The van der Waals surface area contributed by atoms with Crippen molar-refractivity contribution in [2.24, 2.45) is 0 Å². The first kappa shape index (κ1) is 21.3. The van der Waals surface area contributed by atoms with E-state index in [-0.39, 0.29) is 12.1 Å². The maximum absolute atomic E-state index is 11.5. The number of sulfonamides is 1. The quantitative estimate of drug-likeness (QED) is 0.547. The predicted molar refractivity (Wildman–Crippen MR) is 128 cm³/mol. The fraction of sp³-hybridized carbons (Fsp3) is 0.273. The molecule has 0 spiro atoms. The fourth-order valence-electron chi connectivity index (χ4n) is 3.80. The van der Waals surface area contributed by atoms with E-state index in [2.05, 4.69) is 56.8 Å². The molecular weight excluding hydrogens is 430 g/mol. The van der Waals surface area contributed by atoms with Crippen molar-refractivity contribution in [2.75, 3.05) is 15.9 Å².